The Bertz CT molecular complexity index is 1700. The predicted molar refractivity (Wildman–Crippen MR) is 168 cm³/mol. The molecule has 10 heteroatoms. The molecule has 5 heterocycles. The molecule has 4 unspecified atom stereocenters. The zero-order chi connectivity index (χ0) is 31.8. The van der Waals surface area contributed by atoms with E-state index in [0.717, 1.165) is 45.8 Å². The van der Waals surface area contributed by atoms with Crippen LogP contribution in [-0.2, 0) is 0 Å². The van der Waals surface area contributed by atoms with E-state index < -0.39 is 24.6 Å². The maximum Gasteiger partial charge on any atom is 0.165 e. The molecule has 44 heavy (non-hydrogen) atoms. The minimum Gasteiger partial charge on any atom is -0.511 e. The molecule has 0 radical (unpaired) electrons. The van der Waals surface area contributed by atoms with Crippen LogP contribution in [0, 0.1) is 17.8 Å². The van der Waals surface area contributed by atoms with E-state index in [0.29, 0.717) is 51.7 Å². The Morgan fingerprint density at radius 1 is 0.886 bits per heavy atom. The molecule has 0 aromatic carbocycles. The Balaban J connectivity index is 1.66. The fourth-order valence-electron chi connectivity index (χ4n) is 7.35. The van der Waals surface area contributed by atoms with Gasteiger partial charge < -0.3 is 36.0 Å². The number of allylic oxidation sites excluding steroid dienone is 10. The van der Waals surface area contributed by atoms with E-state index in [1.54, 1.807) is 6.92 Å². The quantitative estimate of drug-likeness (QED) is 0.228. The summed E-state index contributed by atoms with van der Waals surface area (Å²) in [7, 11) is 0. The van der Waals surface area contributed by atoms with Crippen molar-refractivity contribution in [2.45, 2.75) is 79.5 Å². The van der Waals surface area contributed by atoms with Gasteiger partial charge in [0.25, 0.3) is 0 Å². The molecule has 8 bridgehead atoms. The summed E-state index contributed by atoms with van der Waals surface area (Å²) in [5, 5.41) is 66.4. The Hall–Kier alpha value is -3.67. The number of aliphatic hydroxyl groups excluding tert-OH is 4. The lowest BCUT2D eigenvalue weighted by molar-refractivity contribution is -0.0697. The number of nitrogens with one attached hydrogen (secondary N) is 1. The van der Waals surface area contributed by atoms with Gasteiger partial charge in [-0.3, -0.25) is 0 Å². The van der Waals surface area contributed by atoms with Crippen molar-refractivity contribution >= 4 is 17.1 Å². The fraction of sp³-hybridized carbons (Fsp3) is 0.441. The van der Waals surface area contributed by atoms with E-state index in [-0.39, 0.29) is 24.0 Å². The third-order valence-corrected chi connectivity index (χ3v) is 9.72. The van der Waals surface area contributed by atoms with Crippen LogP contribution in [0.25, 0.3) is 0 Å². The van der Waals surface area contributed by atoms with Crippen molar-refractivity contribution < 1.29 is 30.6 Å². The van der Waals surface area contributed by atoms with Crippen LogP contribution in [-0.4, -0.2) is 66.5 Å². The first-order valence-corrected chi connectivity index (χ1v) is 15.2. The van der Waals surface area contributed by atoms with Crippen molar-refractivity contribution in [2.75, 3.05) is 0 Å². The highest BCUT2D eigenvalue weighted by atomic mass is 16.5. The number of aliphatic hydroxyl groups is 6. The molecule has 6 rings (SSSR count). The van der Waals surface area contributed by atoms with Crippen LogP contribution in [0.4, 0.5) is 0 Å². The van der Waals surface area contributed by atoms with E-state index in [9.17, 15) is 30.6 Å². The lowest BCUT2D eigenvalue weighted by Crippen LogP contribution is -2.27. The van der Waals surface area contributed by atoms with Crippen LogP contribution in [0.1, 0.15) is 60.8 Å². The van der Waals surface area contributed by atoms with Gasteiger partial charge in [0.1, 0.15) is 5.76 Å². The molecule has 5 aliphatic heterocycles. The molecule has 0 aromatic rings. The van der Waals surface area contributed by atoms with Crippen molar-refractivity contribution in [3.63, 3.8) is 0 Å². The highest BCUT2D eigenvalue weighted by molar-refractivity contribution is 6.22. The monoisotopic (exact) mass is 600 g/mol. The second-order valence-corrected chi connectivity index (χ2v) is 12.4. The third kappa shape index (κ3) is 4.64. The first kappa shape index (κ1) is 30.4. The van der Waals surface area contributed by atoms with Gasteiger partial charge in [-0.2, -0.15) is 0 Å². The number of hydrogen-bond donors (Lipinski definition) is 7. The Morgan fingerprint density at radius 2 is 1.57 bits per heavy atom. The second-order valence-electron chi connectivity index (χ2n) is 12.4. The SMILES string of the molecule is CCC1=C(C)C2=NC1=CC1=C(C)C3=C(O)C(C(O)O)C(=C4NC(=CC5=NC(=C2)C(C(C)O)=C5C)C(C)C4CCC(O)O)C3=N1. The molecule has 0 saturated carbocycles. The van der Waals surface area contributed by atoms with Crippen molar-refractivity contribution in [3.05, 3.63) is 91.5 Å². The average molecular weight is 601 g/mol. The Morgan fingerprint density at radius 3 is 2.20 bits per heavy atom. The van der Waals surface area contributed by atoms with Gasteiger partial charge in [-0.1, -0.05) is 13.8 Å². The molecular weight excluding hydrogens is 560 g/mol. The van der Waals surface area contributed by atoms with Crippen LogP contribution in [0.15, 0.2) is 106 Å². The van der Waals surface area contributed by atoms with Crippen LogP contribution in [0.3, 0.4) is 0 Å². The summed E-state index contributed by atoms with van der Waals surface area (Å²) >= 11 is 0. The first-order valence-electron chi connectivity index (χ1n) is 15.2. The third-order valence-electron chi connectivity index (χ3n) is 9.72. The van der Waals surface area contributed by atoms with Gasteiger partial charge in [0, 0.05) is 39.9 Å². The standard InChI is InChI=1S/C34H40N4O6/c1-7-18-13(2)20-12-25-27(17(6)39)15(4)22(36-25)10-21-14(3)19(8-9-26(40)41)31(37-21)29-30(34(43)44)33(42)28-16(5)23(38-32(28)29)11-24(18)35-20/h10-12,14,17,19,26,30,34,37,39-44H,7-9H2,1-6H3. The van der Waals surface area contributed by atoms with Crippen molar-refractivity contribution in [3.8, 4) is 0 Å². The predicted octanol–water partition coefficient (Wildman–Crippen LogP) is 3.67. The maximum atomic E-state index is 11.5. The highest BCUT2D eigenvalue weighted by Crippen LogP contribution is 2.49. The normalized spacial score (nSPS) is 27.1. The molecule has 1 aliphatic carbocycles. The lowest BCUT2D eigenvalue weighted by atomic mass is 9.84. The summed E-state index contributed by atoms with van der Waals surface area (Å²) in [4.78, 5) is 14.9. The Kier molecular flexibility index (Phi) is 7.62. The number of fused-ring (bicyclic) bond motifs is 5. The topological polar surface area (TPSA) is 170 Å². The summed E-state index contributed by atoms with van der Waals surface area (Å²) in [6.45, 7) is 11.6. The molecule has 10 nitrogen and oxygen atoms in total. The smallest absolute Gasteiger partial charge is 0.165 e. The fourth-order valence-corrected chi connectivity index (χ4v) is 7.35. The van der Waals surface area contributed by atoms with Crippen LogP contribution in [0.2, 0.25) is 0 Å². The molecule has 232 valence electrons. The molecule has 1 fully saturated rings. The highest BCUT2D eigenvalue weighted by Gasteiger charge is 2.48. The number of nitrogens with zero attached hydrogens (tertiary/aromatic N) is 3. The molecular formula is C34H40N4O6. The molecule has 7 N–H and O–H groups in total. The molecule has 0 aromatic heterocycles. The molecule has 0 spiro atoms. The summed E-state index contributed by atoms with van der Waals surface area (Å²) in [6, 6.07) is 0. The summed E-state index contributed by atoms with van der Waals surface area (Å²) in [5.74, 6) is -1.71. The molecule has 4 atom stereocenters. The lowest BCUT2D eigenvalue weighted by Gasteiger charge is -2.22. The van der Waals surface area contributed by atoms with Crippen LogP contribution < -0.4 is 5.32 Å². The molecule has 1 saturated heterocycles. The first-order chi connectivity index (χ1) is 20.8. The van der Waals surface area contributed by atoms with Crippen molar-refractivity contribution in [2.24, 2.45) is 32.7 Å². The van der Waals surface area contributed by atoms with Crippen molar-refractivity contribution in [1.82, 2.24) is 5.32 Å². The van der Waals surface area contributed by atoms with Crippen LogP contribution in [0.5, 0.6) is 0 Å². The van der Waals surface area contributed by atoms with Crippen LogP contribution >= 0.6 is 0 Å². The van der Waals surface area contributed by atoms with Gasteiger partial charge in [0.15, 0.2) is 12.6 Å². The molecule has 0 amide bonds. The number of rotatable bonds is 6. The van der Waals surface area contributed by atoms with Gasteiger partial charge in [0.05, 0.1) is 46.2 Å². The summed E-state index contributed by atoms with van der Waals surface area (Å²) < 4.78 is 0. The van der Waals surface area contributed by atoms with Gasteiger partial charge in [-0.05, 0) is 87.5 Å². The van der Waals surface area contributed by atoms with E-state index in [2.05, 4.69) is 12.2 Å². The van der Waals surface area contributed by atoms with E-state index in [4.69, 9.17) is 15.0 Å². The minimum atomic E-state index is -1.89. The van der Waals surface area contributed by atoms with E-state index >= 15 is 0 Å². The second kappa shape index (κ2) is 11.0. The Labute approximate surface area is 256 Å². The van der Waals surface area contributed by atoms with Gasteiger partial charge in [0.2, 0.25) is 0 Å². The van der Waals surface area contributed by atoms with Gasteiger partial charge >= 0.3 is 0 Å². The van der Waals surface area contributed by atoms with Gasteiger partial charge in [-0.25, -0.2) is 15.0 Å². The van der Waals surface area contributed by atoms with E-state index in [1.165, 1.54) is 0 Å². The molecule has 6 aliphatic rings. The van der Waals surface area contributed by atoms with Crippen molar-refractivity contribution in [1.29, 1.82) is 0 Å². The maximum absolute atomic E-state index is 11.5. The number of hydrogen-bond acceptors (Lipinski definition) is 10. The van der Waals surface area contributed by atoms with E-state index in [1.807, 2.05) is 45.9 Å². The zero-order valence-corrected chi connectivity index (χ0v) is 25.8. The average Bonchev–Trinajstić information content (AvgIpc) is 3.68. The number of aliphatic imine (C=N–C) groups is 3. The summed E-state index contributed by atoms with van der Waals surface area (Å²) in [6.07, 6.45) is 2.82. The van der Waals surface area contributed by atoms with Gasteiger partial charge in [-0.15, -0.1) is 0 Å². The zero-order valence-electron chi connectivity index (χ0n) is 25.8. The summed E-state index contributed by atoms with van der Waals surface area (Å²) in [5.41, 5.74) is 10.6. The largest absolute Gasteiger partial charge is 0.511 e. The minimum absolute atomic E-state index is 0.102.